The zero-order chi connectivity index (χ0) is 44.7. The summed E-state index contributed by atoms with van der Waals surface area (Å²) in [5.74, 6) is -113. The van der Waals surface area contributed by atoms with Crippen molar-refractivity contribution in [2.75, 3.05) is 0 Å². The number of carboxylic acid groups (broad SMARTS) is 2. The van der Waals surface area contributed by atoms with Crippen LogP contribution in [0.5, 0.6) is 0 Å². The molecule has 54 heavy (non-hydrogen) atoms. The van der Waals surface area contributed by atoms with E-state index in [1.807, 2.05) is 0 Å². The van der Waals surface area contributed by atoms with Gasteiger partial charge in [-0.15, -0.1) is 0 Å². The number of hydrogen-bond acceptors (Lipinski definition) is 2. The molecule has 0 radical (unpaired) electrons. The summed E-state index contributed by atoms with van der Waals surface area (Å²) in [6.07, 6.45) is -25.6. The van der Waals surface area contributed by atoms with E-state index < -0.39 is 119 Å². The third kappa shape index (κ3) is 6.86. The van der Waals surface area contributed by atoms with Gasteiger partial charge in [0.1, 0.15) is 0 Å². The summed E-state index contributed by atoms with van der Waals surface area (Å²) < 4.78 is 400. The van der Waals surface area contributed by atoms with Crippen LogP contribution >= 0.6 is 0 Å². The zero-order valence-corrected chi connectivity index (χ0v) is 23.5. The van der Waals surface area contributed by atoms with E-state index in [0.717, 1.165) is 0 Å². The molecule has 0 aliphatic carbocycles. The minimum atomic E-state index is -9.13. The number of aliphatic carboxylic acids is 2. The molecule has 0 spiro atoms. The maximum atomic E-state index is 14.2. The van der Waals surface area contributed by atoms with E-state index in [1.54, 1.807) is 0 Å². The first-order chi connectivity index (χ1) is 22.8. The molecule has 0 saturated carbocycles. The van der Waals surface area contributed by atoms with Crippen LogP contribution in [0.2, 0.25) is 0 Å². The maximum Gasteiger partial charge on any atom is 0.460 e. The van der Waals surface area contributed by atoms with Gasteiger partial charge in [-0.05, 0) is 0 Å². The first-order valence-electron chi connectivity index (χ1n) is 11.7. The summed E-state index contributed by atoms with van der Waals surface area (Å²) in [6.45, 7) is 0. The predicted molar refractivity (Wildman–Crippen MR) is 103 cm³/mol. The van der Waals surface area contributed by atoms with Gasteiger partial charge in [-0.25, -0.2) is 9.59 Å². The predicted octanol–water partition coefficient (Wildman–Crippen LogP) is 9.98. The minimum absolute atomic E-state index is 3.96. The Morgan fingerprint density at radius 3 is 0.574 bits per heavy atom. The highest BCUT2D eigenvalue weighted by Crippen LogP contribution is 2.65. The molecular formula is C20H6F30O4. The van der Waals surface area contributed by atoms with Gasteiger partial charge < -0.3 is 10.2 Å². The number of carbonyl (C=O) groups is 2. The molecule has 0 atom stereocenters. The molecule has 0 aromatic carbocycles. The highest BCUT2D eigenvalue weighted by Gasteiger charge is 2.95. The lowest BCUT2D eigenvalue weighted by Crippen LogP contribution is -2.72. The molecule has 0 aliphatic rings. The molecular weight excluding hydrogens is 874 g/mol. The van der Waals surface area contributed by atoms with Crippen LogP contribution in [-0.2, 0) is 9.59 Å². The third-order valence-electron chi connectivity index (χ3n) is 6.46. The fourth-order valence-electron chi connectivity index (χ4n) is 3.29. The van der Waals surface area contributed by atoms with Crippen molar-refractivity contribution in [3.05, 3.63) is 11.1 Å². The molecule has 0 unspecified atom stereocenters. The summed E-state index contributed by atoms with van der Waals surface area (Å²) in [5.41, 5.74) is -7.92. The second-order valence-corrected chi connectivity index (χ2v) is 10.1. The van der Waals surface area contributed by atoms with E-state index >= 15 is 0 Å². The van der Waals surface area contributed by atoms with Crippen LogP contribution < -0.4 is 0 Å². The summed E-state index contributed by atoms with van der Waals surface area (Å²) in [7, 11) is 0. The van der Waals surface area contributed by atoms with Gasteiger partial charge in [0, 0.05) is 0 Å². The molecule has 34 heteroatoms. The zero-order valence-electron chi connectivity index (χ0n) is 23.5. The van der Waals surface area contributed by atoms with E-state index in [4.69, 9.17) is 10.2 Å². The highest BCUT2D eigenvalue weighted by molar-refractivity contribution is 5.99. The average Bonchev–Trinajstić information content (AvgIpc) is 2.92. The lowest BCUT2D eigenvalue weighted by Gasteiger charge is -2.42. The molecule has 320 valence electrons. The van der Waals surface area contributed by atoms with E-state index in [2.05, 4.69) is 0 Å². The Bertz CT molecular complexity index is 1350. The Labute approximate surface area is 272 Å². The molecule has 0 fully saturated rings. The van der Waals surface area contributed by atoms with Gasteiger partial charge in [-0.1, -0.05) is 0 Å². The molecule has 0 aliphatic heterocycles. The standard InChI is InChI=1S/C20H6F30O4/c21-7(22,9(25,26)11(29,30)13(33,34)15(37,38)17(41,42)19(45,46)47)1-3(5(51)52)4(6(53)54)2-8(23,24)10(27,28)12(31,32)14(35,36)16(39,40)18(43,44)20(48,49)50/h1-2H2,(H,51,52)(H,53,54)/b4-3+. The summed E-state index contributed by atoms with van der Waals surface area (Å²) in [5, 5.41) is 17.4. The van der Waals surface area contributed by atoms with Gasteiger partial charge in [-0.3, -0.25) is 0 Å². The van der Waals surface area contributed by atoms with Crippen molar-refractivity contribution in [3.63, 3.8) is 0 Å². The second-order valence-electron chi connectivity index (χ2n) is 10.1. The Balaban J connectivity index is 7.61. The fraction of sp³-hybridized carbons (Fsp3) is 0.800. The van der Waals surface area contributed by atoms with Crippen LogP contribution in [0, 0.1) is 0 Å². The molecule has 2 N–H and O–H groups in total. The Morgan fingerprint density at radius 1 is 0.278 bits per heavy atom. The number of rotatable bonds is 16. The van der Waals surface area contributed by atoms with Crippen LogP contribution in [0.1, 0.15) is 12.8 Å². The molecule has 0 aromatic heterocycles. The van der Waals surface area contributed by atoms with Crippen molar-refractivity contribution in [1.29, 1.82) is 0 Å². The van der Waals surface area contributed by atoms with E-state index in [-0.39, 0.29) is 0 Å². The Morgan fingerprint density at radius 2 is 0.426 bits per heavy atom. The van der Waals surface area contributed by atoms with Gasteiger partial charge in [-0.2, -0.15) is 132 Å². The average molecular weight is 880 g/mol. The molecule has 0 bridgehead atoms. The summed E-state index contributed by atoms with van der Waals surface area (Å²) in [6, 6.07) is 0. The van der Waals surface area contributed by atoms with Crippen LogP contribution in [0.25, 0.3) is 0 Å². The van der Waals surface area contributed by atoms with Crippen LogP contribution in [0.15, 0.2) is 11.1 Å². The smallest absolute Gasteiger partial charge is 0.460 e. The molecule has 0 rings (SSSR count). The number of halogens is 30. The van der Waals surface area contributed by atoms with Gasteiger partial charge in [0.05, 0.1) is 24.0 Å². The van der Waals surface area contributed by atoms with E-state index in [0.29, 0.717) is 0 Å². The molecule has 0 heterocycles. The summed E-state index contributed by atoms with van der Waals surface area (Å²) in [4.78, 5) is 22.3. The lowest BCUT2D eigenvalue weighted by molar-refractivity contribution is -0.452. The van der Waals surface area contributed by atoms with Gasteiger partial charge in [0.15, 0.2) is 0 Å². The van der Waals surface area contributed by atoms with Crippen molar-refractivity contribution in [3.8, 4) is 0 Å². The fourth-order valence-corrected chi connectivity index (χ4v) is 3.29. The Hall–Kier alpha value is -3.42. The van der Waals surface area contributed by atoms with Crippen molar-refractivity contribution in [1.82, 2.24) is 0 Å². The second kappa shape index (κ2) is 13.1. The van der Waals surface area contributed by atoms with E-state index in [9.17, 15) is 141 Å². The first-order valence-corrected chi connectivity index (χ1v) is 11.7. The largest absolute Gasteiger partial charge is 0.478 e. The number of carboxylic acids is 2. The molecule has 4 nitrogen and oxygen atoms in total. The van der Waals surface area contributed by atoms with Gasteiger partial charge >= 0.3 is 95.4 Å². The topological polar surface area (TPSA) is 74.6 Å². The Kier molecular flexibility index (Phi) is 12.3. The van der Waals surface area contributed by atoms with Crippen molar-refractivity contribution >= 4 is 11.9 Å². The van der Waals surface area contributed by atoms with Crippen LogP contribution in [-0.4, -0.2) is 106 Å². The SMILES string of the molecule is O=C(O)/C(CC(F)(F)C(F)(F)C(F)(F)C(F)(F)C(F)(F)C(F)(F)C(F)(F)F)=C(\CC(F)(F)C(F)(F)C(F)(F)C(F)(F)C(F)(F)C(F)(F)C(F)(F)F)C(=O)O. The first kappa shape index (κ1) is 50.6. The van der Waals surface area contributed by atoms with E-state index in [1.165, 1.54) is 0 Å². The number of alkyl halides is 30. The van der Waals surface area contributed by atoms with Crippen molar-refractivity contribution in [2.24, 2.45) is 0 Å². The lowest BCUT2D eigenvalue weighted by atomic mass is 9.85. The summed E-state index contributed by atoms with van der Waals surface area (Å²) >= 11 is 0. The van der Waals surface area contributed by atoms with Crippen LogP contribution in [0.4, 0.5) is 132 Å². The molecule has 0 aromatic rings. The molecule has 0 amide bonds. The van der Waals surface area contributed by atoms with Gasteiger partial charge in [0.2, 0.25) is 0 Å². The highest BCUT2D eigenvalue weighted by atomic mass is 19.4. The normalized spacial score (nSPS) is 16.7. The molecule has 0 saturated heterocycles. The quantitative estimate of drug-likeness (QED) is 0.120. The number of hydrogen-bond donors (Lipinski definition) is 2. The van der Waals surface area contributed by atoms with Crippen molar-refractivity contribution in [2.45, 2.75) is 96.3 Å². The minimum Gasteiger partial charge on any atom is -0.478 e. The monoisotopic (exact) mass is 880 g/mol. The third-order valence-corrected chi connectivity index (χ3v) is 6.46. The maximum absolute atomic E-state index is 14.2. The van der Waals surface area contributed by atoms with Crippen molar-refractivity contribution < 1.29 is 152 Å². The van der Waals surface area contributed by atoms with Crippen LogP contribution in [0.3, 0.4) is 0 Å². The van der Waals surface area contributed by atoms with Gasteiger partial charge in [0.25, 0.3) is 0 Å².